The highest BCUT2D eigenvalue weighted by molar-refractivity contribution is 7.45. The van der Waals surface area contributed by atoms with Gasteiger partial charge >= 0.3 is 0 Å². The number of hydrogen-bond donors (Lipinski definition) is 2. The fourth-order valence-corrected chi connectivity index (χ4v) is 8.82. The lowest BCUT2D eigenvalue weighted by atomic mass is 10.0. The maximum Gasteiger partial charge on any atom is 0.268 e. The average molecular weight is 1000 g/mol. The highest BCUT2D eigenvalue weighted by atomic mass is 31.2. The summed E-state index contributed by atoms with van der Waals surface area (Å²) in [6, 6.07) is -0.890. The summed E-state index contributed by atoms with van der Waals surface area (Å²) in [6.07, 6.45) is 72.3. The molecular formula is C61H111N2O6P. The van der Waals surface area contributed by atoms with Gasteiger partial charge in [-0.1, -0.05) is 253 Å². The van der Waals surface area contributed by atoms with Gasteiger partial charge in [-0.25, -0.2) is 0 Å². The normalized spacial score (nSPS) is 14.6. The number of aliphatic hydroxyl groups excluding tert-OH is 1. The molecule has 0 aliphatic heterocycles. The van der Waals surface area contributed by atoms with Crippen molar-refractivity contribution in [1.29, 1.82) is 0 Å². The van der Waals surface area contributed by atoms with Crippen LogP contribution in [0.2, 0.25) is 0 Å². The number of allylic oxidation sites excluding steroid dienone is 13. The van der Waals surface area contributed by atoms with Crippen molar-refractivity contribution in [3.63, 3.8) is 0 Å². The van der Waals surface area contributed by atoms with Crippen LogP contribution >= 0.6 is 7.82 Å². The Morgan fingerprint density at radius 2 is 0.871 bits per heavy atom. The van der Waals surface area contributed by atoms with Crippen LogP contribution in [-0.2, 0) is 18.4 Å². The Hall–Kier alpha value is -2.32. The van der Waals surface area contributed by atoms with Crippen LogP contribution in [0.15, 0.2) is 85.1 Å². The fourth-order valence-electron chi connectivity index (χ4n) is 8.10. The number of phosphoric ester groups is 1. The standard InChI is InChI=1S/C61H111N2O6P/c1-6-8-10-12-14-16-18-20-22-23-24-25-26-27-28-29-30-31-32-33-34-35-36-37-38-39-41-43-45-47-49-51-53-55-61(65)62-59(58-69-70(66,67)68-57-56-63(3,4)5)60(64)54-52-50-48-46-44-42-40-21-19-17-15-13-11-9-7-2/h8,10,14,16,20,22,24-25,27-28,30-31,52,54,59-60,64H,6-7,9,11-13,15,17-19,21,23,26,29,32-51,53,55-58H2,1-5H3,(H-,62,65,66,67)/b10-8-,16-14-,22-20-,25-24-,28-27-,31-30-,54-52+. The van der Waals surface area contributed by atoms with E-state index >= 15 is 0 Å². The molecule has 3 unspecified atom stereocenters. The van der Waals surface area contributed by atoms with Gasteiger partial charge in [0.25, 0.3) is 7.82 Å². The molecule has 0 fully saturated rings. The Bertz CT molecular complexity index is 1410. The molecule has 9 heteroatoms. The molecule has 8 nitrogen and oxygen atoms in total. The van der Waals surface area contributed by atoms with Crippen LogP contribution in [0, 0.1) is 0 Å². The van der Waals surface area contributed by atoms with E-state index in [9.17, 15) is 19.4 Å². The van der Waals surface area contributed by atoms with E-state index in [0.717, 1.165) is 77.0 Å². The minimum atomic E-state index is -4.60. The van der Waals surface area contributed by atoms with Gasteiger partial charge in [-0.2, -0.15) is 0 Å². The highest BCUT2D eigenvalue weighted by Gasteiger charge is 2.23. The molecule has 406 valence electrons. The van der Waals surface area contributed by atoms with Crippen molar-refractivity contribution in [3.05, 3.63) is 85.1 Å². The predicted molar refractivity (Wildman–Crippen MR) is 302 cm³/mol. The second kappa shape index (κ2) is 51.6. The smallest absolute Gasteiger partial charge is 0.268 e. The van der Waals surface area contributed by atoms with Crippen molar-refractivity contribution in [2.75, 3.05) is 40.9 Å². The van der Waals surface area contributed by atoms with Crippen LogP contribution in [0.1, 0.15) is 245 Å². The zero-order valence-electron chi connectivity index (χ0n) is 46.2. The topological polar surface area (TPSA) is 108 Å². The monoisotopic (exact) mass is 999 g/mol. The van der Waals surface area contributed by atoms with Gasteiger partial charge in [0.05, 0.1) is 39.9 Å². The first-order chi connectivity index (χ1) is 34.0. The molecule has 0 aromatic rings. The Balaban J connectivity index is 4.11. The van der Waals surface area contributed by atoms with E-state index in [4.69, 9.17) is 9.05 Å². The molecular weight excluding hydrogens is 888 g/mol. The zero-order valence-corrected chi connectivity index (χ0v) is 47.1. The van der Waals surface area contributed by atoms with E-state index in [1.165, 1.54) is 148 Å². The van der Waals surface area contributed by atoms with Gasteiger partial charge in [0.15, 0.2) is 0 Å². The molecule has 0 rings (SSSR count). The van der Waals surface area contributed by atoms with Crippen molar-refractivity contribution >= 4 is 13.7 Å². The third kappa shape index (κ3) is 53.5. The van der Waals surface area contributed by atoms with Crippen molar-refractivity contribution in [2.24, 2.45) is 0 Å². The molecule has 0 heterocycles. The molecule has 0 aliphatic carbocycles. The minimum absolute atomic E-state index is 0.00335. The lowest BCUT2D eigenvalue weighted by Crippen LogP contribution is -2.45. The van der Waals surface area contributed by atoms with Gasteiger partial charge in [-0.3, -0.25) is 9.36 Å². The van der Waals surface area contributed by atoms with Crippen LogP contribution in [0.5, 0.6) is 0 Å². The number of nitrogens with zero attached hydrogens (tertiary/aromatic N) is 1. The lowest BCUT2D eigenvalue weighted by Gasteiger charge is -2.29. The summed E-state index contributed by atoms with van der Waals surface area (Å²) in [5.41, 5.74) is 0. The quantitative estimate of drug-likeness (QED) is 0.0272. The number of aliphatic hydroxyl groups is 1. The van der Waals surface area contributed by atoms with Crippen LogP contribution in [0.25, 0.3) is 0 Å². The van der Waals surface area contributed by atoms with Crippen LogP contribution in [0.4, 0.5) is 0 Å². The summed E-state index contributed by atoms with van der Waals surface area (Å²) in [6.45, 7) is 4.54. The van der Waals surface area contributed by atoms with Crippen molar-refractivity contribution in [3.8, 4) is 0 Å². The Labute approximate surface area is 433 Å². The number of carbonyl (C=O) groups excluding carboxylic acids is 1. The molecule has 0 aliphatic rings. The number of phosphoric acid groups is 1. The predicted octanol–water partition coefficient (Wildman–Crippen LogP) is 17.0. The number of rotatable bonds is 52. The number of carbonyl (C=O) groups is 1. The zero-order chi connectivity index (χ0) is 51.3. The molecule has 3 atom stereocenters. The number of unbranched alkanes of at least 4 members (excludes halogenated alkanes) is 27. The highest BCUT2D eigenvalue weighted by Crippen LogP contribution is 2.38. The Kier molecular flexibility index (Phi) is 49.9. The average Bonchev–Trinajstić information content (AvgIpc) is 3.32. The molecule has 0 radical (unpaired) electrons. The first kappa shape index (κ1) is 67.7. The van der Waals surface area contributed by atoms with E-state index in [-0.39, 0.29) is 19.1 Å². The summed E-state index contributed by atoms with van der Waals surface area (Å²) >= 11 is 0. The fraction of sp³-hybridized carbons (Fsp3) is 0.754. The molecule has 1 amide bonds. The number of quaternary nitrogens is 1. The van der Waals surface area contributed by atoms with E-state index in [0.29, 0.717) is 17.4 Å². The van der Waals surface area contributed by atoms with Crippen LogP contribution in [0.3, 0.4) is 0 Å². The van der Waals surface area contributed by atoms with Gasteiger partial charge in [0.1, 0.15) is 13.2 Å². The number of hydrogen-bond acceptors (Lipinski definition) is 6. The summed E-state index contributed by atoms with van der Waals surface area (Å²) in [4.78, 5) is 25.5. The van der Waals surface area contributed by atoms with Gasteiger partial charge in [0.2, 0.25) is 5.91 Å². The second-order valence-electron chi connectivity index (χ2n) is 20.6. The largest absolute Gasteiger partial charge is 0.756 e. The molecule has 70 heavy (non-hydrogen) atoms. The van der Waals surface area contributed by atoms with Gasteiger partial charge < -0.3 is 28.8 Å². The Morgan fingerprint density at radius 3 is 1.27 bits per heavy atom. The Morgan fingerprint density at radius 1 is 0.514 bits per heavy atom. The number of amides is 1. The SMILES string of the molecule is CC/C=C\C/C=C\C/C=C\C/C=C\C/C=C\C/C=C\CCCCCCCCCCCCCCCCC(=O)NC(COP(=O)([O-])OCC[N+](C)(C)C)C(O)/C=C/CCCCCCCCCCCCCCC. The minimum Gasteiger partial charge on any atom is -0.756 e. The third-order valence-corrected chi connectivity index (χ3v) is 13.6. The van der Waals surface area contributed by atoms with Gasteiger partial charge in [-0.05, 0) is 70.6 Å². The number of likely N-dealkylation sites (N-methyl/N-ethyl adjacent to an activating group) is 1. The summed E-state index contributed by atoms with van der Waals surface area (Å²) < 4.78 is 23.3. The van der Waals surface area contributed by atoms with Gasteiger partial charge in [-0.15, -0.1) is 0 Å². The molecule has 0 saturated carbocycles. The number of nitrogens with one attached hydrogen (secondary N) is 1. The van der Waals surface area contributed by atoms with Crippen molar-refractivity contribution in [2.45, 2.75) is 257 Å². The molecule has 0 aromatic heterocycles. The van der Waals surface area contributed by atoms with Crippen molar-refractivity contribution < 1.29 is 32.9 Å². The van der Waals surface area contributed by atoms with Crippen LogP contribution in [-0.4, -0.2) is 68.5 Å². The lowest BCUT2D eigenvalue weighted by molar-refractivity contribution is -0.870. The van der Waals surface area contributed by atoms with Gasteiger partial charge in [0, 0.05) is 6.42 Å². The first-order valence-electron chi connectivity index (χ1n) is 28.9. The molecule has 2 N–H and O–H groups in total. The molecule has 0 aromatic carbocycles. The molecule has 0 spiro atoms. The summed E-state index contributed by atoms with van der Waals surface area (Å²) in [5.74, 6) is -0.200. The maximum absolute atomic E-state index is 13.0. The molecule has 0 bridgehead atoms. The van der Waals surface area contributed by atoms with E-state index in [1.807, 2.05) is 27.2 Å². The second-order valence-corrected chi connectivity index (χ2v) is 22.0. The van der Waals surface area contributed by atoms with E-state index in [2.05, 4.69) is 92.1 Å². The maximum atomic E-state index is 13.0. The van der Waals surface area contributed by atoms with E-state index < -0.39 is 20.0 Å². The molecule has 0 saturated heterocycles. The van der Waals surface area contributed by atoms with Crippen molar-refractivity contribution in [1.82, 2.24) is 5.32 Å². The van der Waals surface area contributed by atoms with E-state index in [1.54, 1.807) is 6.08 Å². The van der Waals surface area contributed by atoms with Crippen LogP contribution < -0.4 is 10.2 Å². The summed E-state index contributed by atoms with van der Waals surface area (Å²) in [7, 11) is 1.26. The first-order valence-corrected chi connectivity index (χ1v) is 30.4. The third-order valence-electron chi connectivity index (χ3n) is 12.6. The summed E-state index contributed by atoms with van der Waals surface area (Å²) in [5, 5.41) is 13.9.